The first kappa shape index (κ1) is 31.3. The minimum atomic E-state index is -1.40. The van der Waals surface area contributed by atoms with Gasteiger partial charge in [-0.05, 0) is 13.0 Å². The molecule has 15 nitrogen and oxygen atoms in total. The fraction of sp³-hybridized carbons (Fsp3) is 0.259. The van der Waals surface area contributed by atoms with E-state index in [1.54, 1.807) is 18.2 Å². The van der Waals surface area contributed by atoms with E-state index in [9.17, 15) is 39.0 Å². The molecule has 15 heteroatoms. The molecule has 3 rings (SSSR count). The minimum Gasteiger partial charge on any atom is -0.508 e. The molecule has 0 saturated heterocycles. The summed E-state index contributed by atoms with van der Waals surface area (Å²) in [5.74, 6) is -3.27. The van der Waals surface area contributed by atoms with Crippen LogP contribution in [0.5, 0.6) is 17.2 Å². The number of aryl methyl sites for hydroxylation is 1. The first-order valence-corrected chi connectivity index (χ1v) is 12.5. The molecule has 222 valence electrons. The highest BCUT2D eigenvalue weighted by atomic mass is 16.5. The number of ether oxygens (including phenoxy) is 1. The van der Waals surface area contributed by atoms with Gasteiger partial charge in [0.25, 0.3) is 0 Å². The predicted molar refractivity (Wildman–Crippen MR) is 148 cm³/mol. The van der Waals surface area contributed by atoms with Crippen molar-refractivity contribution >= 4 is 41.3 Å². The molecule has 1 unspecified atom stereocenters. The molecule has 7 N–H and O–H groups in total. The summed E-state index contributed by atoms with van der Waals surface area (Å²) in [5, 5.41) is 32.3. The van der Waals surface area contributed by atoms with Crippen molar-refractivity contribution in [3.63, 3.8) is 0 Å². The van der Waals surface area contributed by atoms with Gasteiger partial charge in [0.2, 0.25) is 35.3 Å². The number of hydrogen-bond acceptors (Lipinski definition) is 12. The Morgan fingerprint density at radius 1 is 0.905 bits per heavy atom. The zero-order chi connectivity index (χ0) is 30.6. The fourth-order valence-corrected chi connectivity index (χ4v) is 3.67. The van der Waals surface area contributed by atoms with Gasteiger partial charge in [0.05, 0.1) is 32.7 Å². The molecule has 1 heterocycles. The third-order valence-electron chi connectivity index (χ3n) is 5.54. The number of amides is 3. The molecule has 42 heavy (non-hydrogen) atoms. The highest BCUT2D eigenvalue weighted by molar-refractivity contribution is 5.88. The summed E-state index contributed by atoms with van der Waals surface area (Å²) in [4.78, 5) is 70.6. The second-order valence-corrected chi connectivity index (χ2v) is 8.77. The summed E-state index contributed by atoms with van der Waals surface area (Å²) in [6, 6.07) is 8.96. The third-order valence-corrected chi connectivity index (χ3v) is 5.54. The van der Waals surface area contributed by atoms with Crippen molar-refractivity contribution in [3.8, 4) is 28.6 Å². The molecule has 0 fully saturated rings. The standard InChI is InChI=1S/C27H29N5O10/c1-15-3-2-4-16(9-15)25-26(24(40)23-18(36)10-17(35)11-19(23)41-25)42-27(31-13-21(38)29-6-8-34)32-14-22(39)30-12-20(37)28-5-7-33/h2-4,7-11,27,31-32,35-36H,5-6,12-14H2,1H3,(H,28,37)(H,29,38)(H,30,39). The van der Waals surface area contributed by atoms with Gasteiger partial charge in [-0.1, -0.05) is 23.8 Å². The van der Waals surface area contributed by atoms with Crippen LogP contribution in [0.4, 0.5) is 0 Å². The van der Waals surface area contributed by atoms with Gasteiger partial charge in [-0.2, -0.15) is 0 Å². The maximum atomic E-state index is 13.6. The molecular weight excluding hydrogens is 554 g/mol. The Bertz CT molecular complexity index is 1540. The number of aldehydes is 2. The number of nitrogens with one attached hydrogen (secondary N) is 5. The van der Waals surface area contributed by atoms with Crippen LogP contribution < -0.4 is 36.7 Å². The molecule has 3 amide bonds. The van der Waals surface area contributed by atoms with Crippen molar-refractivity contribution in [2.45, 2.75) is 13.3 Å². The summed E-state index contributed by atoms with van der Waals surface area (Å²) < 4.78 is 11.8. The lowest BCUT2D eigenvalue weighted by molar-refractivity contribution is -0.126. The number of benzene rings is 2. The monoisotopic (exact) mass is 583 g/mol. The number of fused-ring (bicyclic) bond motifs is 1. The predicted octanol–water partition coefficient (Wildman–Crippen LogP) is -1.23. The first-order valence-electron chi connectivity index (χ1n) is 12.5. The summed E-state index contributed by atoms with van der Waals surface area (Å²) >= 11 is 0. The van der Waals surface area contributed by atoms with E-state index in [1.165, 1.54) is 0 Å². The lowest BCUT2D eigenvalue weighted by Gasteiger charge is -2.22. The van der Waals surface area contributed by atoms with Gasteiger partial charge in [0.1, 0.15) is 35.0 Å². The molecule has 0 spiro atoms. The van der Waals surface area contributed by atoms with E-state index in [4.69, 9.17) is 9.15 Å². The third kappa shape index (κ3) is 8.61. The minimum absolute atomic E-state index is 0.0727. The lowest BCUT2D eigenvalue weighted by atomic mass is 10.1. The van der Waals surface area contributed by atoms with Gasteiger partial charge >= 0.3 is 0 Å². The van der Waals surface area contributed by atoms with E-state index < -0.39 is 60.6 Å². The van der Waals surface area contributed by atoms with Gasteiger partial charge in [-0.15, -0.1) is 0 Å². The van der Waals surface area contributed by atoms with Crippen LogP contribution in [-0.4, -0.2) is 79.6 Å². The first-order chi connectivity index (χ1) is 20.1. The van der Waals surface area contributed by atoms with Crippen molar-refractivity contribution in [2.75, 3.05) is 32.7 Å². The molecule has 3 aromatic rings. The van der Waals surface area contributed by atoms with Crippen molar-refractivity contribution in [3.05, 3.63) is 52.2 Å². The Hall–Kier alpha value is -5.28. The van der Waals surface area contributed by atoms with Crippen LogP contribution in [0, 0.1) is 6.92 Å². The number of phenolic OH excluding ortho intramolecular Hbond substituents is 2. The van der Waals surface area contributed by atoms with Crippen LogP contribution >= 0.6 is 0 Å². The van der Waals surface area contributed by atoms with Gasteiger partial charge in [0, 0.05) is 17.7 Å². The molecular formula is C27H29N5O10. The number of carbonyl (C=O) groups is 5. The van der Waals surface area contributed by atoms with Crippen LogP contribution in [0.2, 0.25) is 0 Å². The number of aromatic hydroxyl groups is 2. The van der Waals surface area contributed by atoms with E-state index in [1.807, 2.05) is 13.0 Å². The number of rotatable bonds is 15. The zero-order valence-electron chi connectivity index (χ0n) is 22.4. The van der Waals surface area contributed by atoms with Crippen molar-refractivity contribution in [1.29, 1.82) is 0 Å². The maximum absolute atomic E-state index is 13.6. The molecule has 2 aromatic carbocycles. The van der Waals surface area contributed by atoms with E-state index >= 15 is 0 Å². The van der Waals surface area contributed by atoms with Crippen LogP contribution in [0.15, 0.2) is 45.6 Å². The summed E-state index contributed by atoms with van der Waals surface area (Å²) in [6.07, 6.45) is -0.431. The average Bonchev–Trinajstić information content (AvgIpc) is 2.95. The van der Waals surface area contributed by atoms with Crippen molar-refractivity contribution in [2.24, 2.45) is 0 Å². The summed E-state index contributed by atoms with van der Waals surface area (Å²) in [7, 11) is 0. The Balaban J connectivity index is 1.94. The Kier molecular flexibility index (Phi) is 11.1. The molecule has 0 aliphatic carbocycles. The molecule has 0 bridgehead atoms. The molecule has 0 aliphatic rings. The molecule has 0 saturated carbocycles. The molecule has 0 aliphatic heterocycles. The van der Waals surface area contributed by atoms with E-state index in [0.29, 0.717) is 18.1 Å². The Morgan fingerprint density at radius 2 is 1.52 bits per heavy atom. The lowest BCUT2D eigenvalue weighted by Crippen LogP contribution is -2.53. The molecule has 1 atom stereocenters. The van der Waals surface area contributed by atoms with Crippen molar-refractivity contribution < 1.29 is 43.3 Å². The topological polar surface area (TPSA) is 225 Å². The highest BCUT2D eigenvalue weighted by Crippen LogP contribution is 2.36. The number of carbonyl (C=O) groups excluding carboxylic acids is 5. The van der Waals surface area contributed by atoms with E-state index in [2.05, 4.69) is 26.6 Å². The number of phenols is 2. The Labute approximate surface area is 238 Å². The molecule has 1 aromatic heterocycles. The van der Waals surface area contributed by atoms with Crippen molar-refractivity contribution in [1.82, 2.24) is 26.6 Å². The van der Waals surface area contributed by atoms with E-state index in [0.717, 1.165) is 17.7 Å². The van der Waals surface area contributed by atoms with Crippen LogP contribution in [0.3, 0.4) is 0 Å². The van der Waals surface area contributed by atoms with Gasteiger partial charge in [-0.3, -0.25) is 29.8 Å². The van der Waals surface area contributed by atoms with Crippen LogP contribution in [-0.2, 0) is 24.0 Å². The summed E-state index contributed by atoms with van der Waals surface area (Å²) in [5.41, 5.74) is 0.279. The van der Waals surface area contributed by atoms with Crippen LogP contribution in [0.25, 0.3) is 22.3 Å². The Morgan fingerprint density at radius 3 is 2.14 bits per heavy atom. The second-order valence-electron chi connectivity index (χ2n) is 8.77. The largest absolute Gasteiger partial charge is 0.508 e. The highest BCUT2D eigenvalue weighted by Gasteiger charge is 2.24. The number of hydrogen-bond donors (Lipinski definition) is 7. The average molecular weight is 584 g/mol. The van der Waals surface area contributed by atoms with Gasteiger partial charge in [-0.25, -0.2) is 0 Å². The van der Waals surface area contributed by atoms with Crippen LogP contribution in [0.1, 0.15) is 5.56 Å². The van der Waals surface area contributed by atoms with E-state index in [-0.39, 0.29) is 35.6 Å². The summed E-state index contributed by atoms with van der Waals surface area (Å²) in [6.45, 7) is 0.0466. The normalized spacial score (nSPS) is 11.4. The van der Waals surface area contributed by atoms with Gasteiger partial charge < -0.3 is 44.9 Å². The zero-order valence-corrected chi connectivity index (χ0v) is 22.4. The maximum Gasteiger partial charge on any atom is 0.239 e. The SMILES string of the molecule is Cc1cccc(-c2oc3cc(O)cc(O)c3c(=O)c2OC(NCC(=O)NCC=O)NCC(=O)NCC(=O)NCC=O)c1. The second kappa shape index (κ2) is 14.9. The quantitative estimate of drug-likeness (QED) is 0.0825. The molecule has 0 radical (unpaired) electrons. The van der Waals surface area contributed by atoms with Gasteiger partial charge in [0.15, 0.2) is 5.76 Å². The fourth-order valence-electron chi connectivity index (χ4n) is 3.67. The smallest absolute Gasteiger partial charge is 0.239 e.